The summed E-state index contributed by atoms with van der Waals surface area (Å²) in [6.45, 7) is 9.04. The third-order valence-corrected chi connectivity index (χ3v) is 10.1. The SMILES string of the molecule is CC1=CCc2cc(C(C)(C)C)ccc2N1c1ccc2c3ccccc3n(-c3ccccc3)c2c1-c1nc(-c2ccccc2)nc(-c2ccccc2)n1. The van der Waals surface area contributed by atoms with E-state index in [0.717, 1.165) is 50.9 Å². The molecule has 9 rings (SSSR count). The molecule has 0 saturated carbocycles. The minimum Gasteiger partial charge on any atom is -0.314 e. The number of aromatic nitrogens is 4. The van der Waals surface area contributed by atoms with Crippen LogP contribution in [0, 0.1) is 0 Å². The van der Waals surface area contributed by atoms with Gasteiger partial charge in [-0.3, -0.25) is 0 Å². The zero-order valence-electron chi connectivity index (χ0n) is 29.9. The highest BCUT2D eigenvalue weighted by molar-refractivity contribution is 6.16. The van der Waals surface area contributed by atoms with Crippen molar-refractivity contribution in [2.75, 3.05) is 4.90 Å². The molecule has 6 aromatic carbocycles. The van der Waals surface area contributed by atoms with Gasteiger partial charge in [-0.05, 0) is 60.2 Å². The van der Waals surface area contributed by atoms with E-state index in [-0.39, 0.29) is 5.41 Å². The molecule has 0 saturated heterocycles. The van der Waals surface area contributed by atoms with Gasteiger partial charge < -0.3 is 9.47 Å². The summed E-state index contributed by atoms with van der Waals surface area (Å²) in [6.07, 6.45) is 3.22. The first-order valence-corrected chi connectivity index (χ1v) is 17.9. The van der Waals surface area contributed by atoms with Gasteiger partial charge >= 0.3 is 0 Å². The van der Waals surface area contributed by atoms with E-state index in [1.54, 1.807) is 0 Å². The molecule has 2 aromatic heterocycles. The summed E-state index contributed by atoms with van der Waals surface area (Å²) in [5, 5.41) is 2.32. The van der Waals surface area contributed by atoms with Crippen LogP contribution in [0.3, 0.4) is 0 Å². The molecule has 0 amide bonds. The van der Waals surface area contributed by atoms with Gasteiger partial charge in [-0.1, -0.05) is 142 Å². The van der Waals surface area contributed by atoms with Crippen molar-refractivity contribution in [3.05, 3.63) is 168 Å². The van der Waals surface area contributed by atoms with Gasteiger partial charge in [0, 0.05) is 39.0 Å². The molecule has 0 fully saturated rings. The van der Waals surface area contributed by atoms with Crippen LogP contribution in [0.25, 0.3) is 61.7 Å². The number of benzene rings is 6. The quantitative estimate of drug-likeness (QED) is 0.182. The highest BCUT2D eigenvalue weighted by Crippen LogP contribution is 2.47. The molecule has 3 heterocycles. The first-order chi connectivity index (χ1) is 25.3. The van der Waals surface area contributed by atoms with E-state index < -0.39 is 0 Å². The first-order valence-electron chi connectivity index (χ1n) is 17.9. The summed E-state index contributed by atoms with van der Waals surface area (Å²) < 4.78 is 2.38. The molecule has 8 aromatic rings. The van der Waals surface area contributed by atoms with E-state index in [1.807, 2.05) is 36.4 Å². The molecule has 0 radical (unpaired) electrons. The maximum absolute atomic E-state index is 5.36. The van der Waals surface area contributed by atoms with Crippen molar-refractivity contribution in [1.29, 1.82) is 0 Å². The van der Waals surface area contributed by atoms with Crippen molar-refractivity contribution >= 4 is 33.2 Å². The maximum atomic E-state index is 5.36. The molecular formula is C47H39N5. The molecule has 0 atom stereocenters. The molecule has 0 spiro atoms. The highest BCUT2D eigenvalue weighted by Gasteiger charge is 2.29. The second-order valence-electron chi connectivity index (χ2n) is 14.6. The Balaban J connectivity index is 1.43. The fourth-order valence-corrected chi connectivity index (χ4v) is 7.51. The van der Waals surface area contributed by atoms with Crippen molar-refractivity contribution in [2.24, 2.45) is 0 Å². The lowest BCUT2D eigenvalue weighted by atomic mass is 9.84. The fourth-order valence-electron chi connectivity index (χ4n) is 7.51. The van der Waals surface area contributed by atoms with Crippen LogP contribution in [-0.2, 0) is 11.8 Å². The number of hydrogen-bond donors (Lipinski definition) is 0. The Labute approximate surface area is 304 Å². The summed E-state index contributed by atoms with van der Waals surface area (Å²) in [5.74, 6) is 1.89. The largest absolute Gasteiger partial charge is 0.314 e. The molecule has 5 heteroatoms. The summed E-state index contributed by atoms with van der Waals surface area (Å²) in [6, 6.07) is 51.2. The van der Waals surface area contributed by atoms with Crippen LogP contribution < -0.4 is 4.90 Å². The van der Waals surface area contributed by atoms with E-state index in [4.69, 9.17) is 15.0 Å². The van der Waals surface area contributed by atoms with Crippen molar-refractivity contribution in [2.45, 2.75) is 39.5 Å². The second-order valence-corrected chi connectivity index (χ2v) is 14.6. The van der Waals surface area contributed by atoms with Gasteiger partial charge in [-0.15, -0.1) is 0 Å². The Morgan fingerprint density at radius 3 is 1.79 bits per heavy atom. The lowest BCUT2D eigenvalue weighted by molar-refractivity contribution is 0.589. The van der Waals surface area contributed by atoms with Crippen molar-refractivity contribution < 1.29 is 0 Å². The molecule has 1 aliphatic rings. The molecule has 0 N–H and O–H groups in total. The Morgan fingerprint density at radius 1 is 0.558 bits per heavy atom. The van der Waals surface area contributed by atoms with E-state index in [2.05, 4.69) is 152 Å². The Kier molecular flexibility index (Phi) is 7.58. The van der Waals surface area contributed by atoms with Crippen LogP contribution in [0.1, 0.15) is 38.8 Å². The molecule has 5 nitrogen and oxygen atoms in total. The van der Waals surface area contributed by atoms with E-state index in [1.165, 1.54) is 27.9 Å². The minimum absolute atomic E-state index is 0.0450. The second kappa shape index (κ2) is 12.5. The number of rotatable bonds is 5. The fraction of sp³-hybridized carbons (Fsp3) is 0.128. The average Bonchev–Trinajstić information content (AvgIpc) is 3.52. The zero-order valence-corrected chi connectivity index (χ0v) is 29.9. The Hall–Kier alpha value is -6.33. The summed E-state index contributed by atoms with van der Waals surface area (Å²) in [5.41, 5.74) is 12.1. The highest BCUT2D eigenvalue weighted by atomic mass is 15.2. The smallest absolute Gasteiger partial charge is 0.168 e. The van der Waals surface area contributed by atoms with Gasteiger partial charge in [0.05, 0.1) is 22.3 Å². The van der Waals surface area contributed by atoms with E-state index in [9.17, 15) is 0 Å². The number of anilines is 2. The third-order valence-electron chi connectivity index (χ3n) is 10.1. The number of allylic oxidation sites excluding steroid dienone is 2. The van der Waals surface area contributed by atoms with Gasteiger partial charge in [0.25, 0.3) is 0 Å². The molecule has 0 bridgehead atoms. The third kappa shape index (κ3) is 5.37. The van der Waals surface area contributed by atoms with Crippen molar-refractivity contribution in [1.82, 2.24) is 19.5 Å². The molecule has 252 valence electrons. The van der Waals surface area contributed by atoms with Crippen LogP contribution >= 0.6 is 0 Å². The molecule has 1 aliphatic heterocycles. The van der Waals surface area contributed by atoms with E-state index >= 15 is 0 Å². The lowest BCUT2D eigenvalue weighted by Gasteiger charge is -2.34. The van der Waals surface area contributed by atoms with Crippen LogP contribution in [-0.4, -0.2) is 19.5 Å². The normalized spacial score (nSPS) is 13.0. The number of para-hydroxylation sites is 2. The van der Waals surface area contributed by atoms with Crippen LogP contribution in [0.15, 0.2) is 157 Å². The summed E-state index contributed by atoms with van der Waals surface area (Å²) in [4.78, 5) is 18.2. The molecule has 52 heavy (non-hydrogen) atoms. The van der Waals surface area contributed by atoms with Gasteiger partial charge in [0.15, 0.2) is 17.5 Å². The summed E-state index contributed by atoms with van der Waals surface area (Å²) in [7, 11) is 0. The van der Waals surface area contributed by atoms with Crippen molar-refractivity contribution in [3.8, 4) is 39.9 Å². The predicted molar refractivity (Wildman–Crippen MR) is 215 cm³/mol. The topological polar surface area (TPSA) is 46.8 Å². The lowest BCUT2D eigenvalue weighted by Crippen LogP contribution is -2.22. The zero-order chi connectivity index (χ0) is 35.4. The minimum atomic E-state index is 0.0450. The van der Waals surface area contributed by atoms with Crippen molar-refractivity contribution in [3.63, 3.8) is 0 Å². The van der Waals surface area contributed by atoms with Crippen LogP contribution in [0.4, 0.5) is 11.4 Å². The van der Waals surface area contributed by atoms with Crippen LogP contribution in [0.2, 0.25) is 0 Å². The number of hydrogen-bond acceptors (Lipinski definition) is 4. The standard InChI is InChI=1S/C47H39N5/c1-31-24-25-34-30-35(47(2,3)4)26-28-39(34)51(31)41-29-27-38-37-22-14-15-23-40(37)52(36-20-12-7-13-21-36)43(38)42(41)46-49-44(32-16-8-5-9-17-32)48-45(50-46)33-18-10-6-11-19-33/h5-24,26-30H,25H2,1-4H3. The van der Waals surface area contributed by atoms with Gasteiger partial charge in [-0.2, -0.15) is 0 Å². The molecule has 0 unspecified atom stereocenters. The first kappa shape index (κ1) is 31.6. The summed E-state index contributed by atoms with van der Waals surface area (Å²) >= 11 is 0. The predicted octanol–water partition coefficient (Wildman–Crippen LogP) is 11.9. The Morgan fingerprint density at radius 2 is 1.13 bits per heavy atom. The molecule has 0 aliphatic carbocycles. The van der Waals surface area contributed by atoms with Gasteiger partial charge in [0.1, 0.15) is 0 Å². The number of fused-ring (bicyclic) bond motifs is 4. The Bertz CT molecular complexity index is 2570. The van der Waals surface area contributed by atoms with Gasteiger partial charge in [-0.25, -0.2) is 15.0 Å². The monoisotopic (exact) mass is 673 g/mol. The van der Waals surface area contributed by atoms with Crippen LogP contribution in [0.5, 0.6) is 0 Å². The average molecular weight is 674 g/mol. The van der Waals surface area contributed by atoms with E-state index in [0.29, 0.717) is 17.5 Å². The van der Waals surface area contributed by atoms with Gasteiger partial charge in [0.2, 0.25) is 0 Å². The maximum Gasteiger partial charge on any atom is 0.168 e. The number of nitrogens with zero attached hydrogens (tertiary/aromatic N) is 5. The molecular weight excluding hydrogens is 635 g/mol.